The molecule has 1 heterocycles. The number of benzene rings is 3. The summed E-state index contributed by atoms with van der Waals surface area (Å²) >= 11 is 0. The van der Waals surface area contributed by atoms with Gasteiger partial charge in [0.25, 0.3) is 0 Å². The molecule has 1 saturated carbocycles. The number of para-hydroxylation sites is 1. The summed E-state index contributed by atoms with van der Waals surface area (Å²) in [5.74, 6) is 0.391. The van der Waals surface area contributed by atoms with Crippen LogP contribution in [0.1, 0.15) is 29.5 Å². The Labute approximate surface area is 202 Å². The number of fused-ring (bicyclic) bond motifs is 1. The maximum Gasteiger partial charge on any atom is 0.227 e. The summed E-state index contributed by atoms with van der Waals surface area (Å²) in [7, 11) is 4.02. The fraction of sp³-hybridized carbons (Fsp3) is 0.367. The lowest BCUT2D eigenvalue weighted by molar-refractivity contribution is -0.129. The molecule has 2 fully saturated rings. The first-order valence-electron chi connectivity index (χ1n) is 12.3. The molecule has 3 aromatic rings. The minimum atomic E-state index is -0.377. The van der Waals surface area contributed by atoms with E-state index < -0.39 is 0 Å². The Bertz CT molecular complexity index is 1090. The van der Waals surface area contributed by atoms with Gasteiger partial charge in [-0.05, 0) is 41.5 Å². The van der Waals surface area contributed by atoms with Crippen molar-refractivity contribution in [2.75, 3.05) is 32.1 Å². The molecule has 3 unspecified atom stereocenters. The highest BCUT2D eigenvalue weighted by molar-refractivity contribution is 5.81. The topological polar surface area (TPSA) is 43.8 Å². The Hall–Kier alpha value is -3.11. The lowest BCUT2D eigenvalue weighted by Gasteiger charge is -2.48. The van der Waals surface area contributed by atoms with Gasteiger partial charge in [-0.1, -0.05) is 78.9 Å². The van der Waals surface area contributed by atoms with Gasteiger partial charge in [0.05, 0.1) is 12.5 Å². The molecule has 0 spiro atoms. The van der Waals surface area contributed by atoms with Gasteiger partial charge in [0, 0.05) is 44.2 Å². The molecule has 5 rings (SSSR count). The number of aliphatic hydroxyl groups excluding tert-OH is 1. The van der Waals surface area contributed by atoms with Crippen LogP contribution in [0.25, 0.3) is 0 Å². The molecule has 3 aromatic carbocycles. The summed E-state index contributed by atoms with van der Waals surface area (Å²) in [4.78, 5) is 17.6. The van der Waals surface area contributed by atoms with Crippen molar-refractivity contribution >= 4 is 11.6 Å². The smallest absolute Gasteiger partial charge is 0.227 e. The van der Waals surface area contributed by atoms with Crippen LogP contribution in [0.5, 0.6) is 0 Å². The molecule has 1 N–H and O–H groups in total. The second-order valence-corrected chi connectivity index (χ2v) is 10.1. The molecule has 4 nitrogen and oxygen atoms in total. The summed E-state index contributed by atoms with van der Waals surface area (Å²) < 4.78 is 0. The van der Waals surface area contributed by atoms with Crippen molar-refractivity contribution in [1.82, 2.24) is 4.90 Å². The summed E-state index contributed by atoms with van der Waals surface area (Å²) in [6, 6.07) is 29.6. The number of amides is 1. The van der Waals surface area contributed by atoms with Gasteiger partial charge in [-0.2, -0.15) is 0 Å². The molecule has 2 aliphatic rings. The number of nitrogens with zero attached hydrogens (tertiary/aromatic N) is 2. The van der Waals surface area contributed by atoms with Crippen molar-refractivity contribution in [1.29, 1.82) is 0 Å². The molecule has 1 amide bonds. The Morgan fingerprint density at radius 2 is 1.50 bits per heavy atom. The molecule has 34 heavy (non-hydrogen) atoms. The lowest BCUT2D eigenvalue weighted by atomic mass is 9.56. The van der Waals surface area contributed by atoms with Gasteiger partial charge >= 0.3 is 0 Å². The average Bonchev–Trinajstić information content (AvgIpc) is 3.33. The van der Waals surface area contributed by atoms with Crippen LogP contribution in [0.15, 0.2) is 84.9 Å². The van der Waals surface area contributed by atoms with Crippen LogP contribution in [0.2, 0.25) is 0 Å². The van der Waals surface area contributed by atoms with Gasteiger partial charge in [0.2, 0.25) is 5.91 Å². The van der Waals surface area contributed by atoms with E-state index in [9.17, 15) is 9.90 Å². The summed E-state index contributed by atoms with van der Waals surface area (Å²) in [6.07, 6.45) is 1.64. The van der Waals surface area contributed by atoms with Crippen molar-refractivity contribution < 1.29 is 9.90 Å². The minimum absolute atomic E-state index is 0.0715. The molecule has 0 bridgehead atoms. The van der Waals surface area contributed by atoms with E-state index in [4.69, 9.17) is 0 Å². The number of carbonyl (C=O) groups excluding carboxylic acids is 1. The summed E-state index contributed by atoms with van der Waals surface area (Å²) in [5, 5.41) is 11.1. The van der Waals surface area contributed by atoms with Crippen molar-refractivity contribution in [3.05, 3.63) is 102 Å². The third kappa shape index (κ3) is 3.90. The Balaban J connectivity index is 1.49. The zero-order chi connectivity index (χ0) is 23.7. The zero-order valence-corrected chi connectivity index (χ0v) is 20.1. The first-order valence-corrected chi connectivity index (χ1v) is 12.3. The highest BCUT2D eigenvalue weighted by Gasteiger charge is 2.55. The quantitative estimate of drug-likeness (QED) is 0.617. The molecule has 1 aliphatic carbocycles. The second-order valence-electron chi connectivity index (χ2n) is 10.1. The number of rotatable bonds is 5. The maximum atomic E-state index is 13.5. The fourth-order valence-electron chi connectivity index (χ4n) is 6.44. The van der Waals surface area contributed by atoms with Gasteiger partial charge in [-0.25, -0.2) is 0 Å². The Morgan fingerprint density at radius 1 is 0.912 bits per heavy atom. The van der Waals surface area contributed by atoms with Crippen LogP contribution < -0.4 is 4.90 Å². The highest BCUT2D eigenvalue weighted by atomic mass is 16.3. The number of hydrogen-bond acceptors (Lipinski definition) is 3. The van der Waals surface area contributed by atoms with E-state index in [-0.39, 0.29) is 29.3 Å². The molecule has 4 heteroatoms. The number of hydrogen-bond donors (Lipinski definition) is 1. The minimum Gasteiger partial charge on any atom is -0.393 e. The molecule has 0 radical (unpaired) electrons. The Kier molecular flexibility index (Phi) is 6.18. The van der Waals surface area contributed by atoms with Gasteiger partial charge < -0.3 is 14.9 Å². The predicted octanol–water partition coefficient (Wildman–Crippen LogP) is 4.51. The van der Waals surface area contributed by atoms with Crippen LogP contribution in [-0.4, -0.2) is 49.2 Å². The monoisotopic (exact) mass is 454 g/mol. The largest absolute Gasteiger partial charge is 0.393 e. The lowest BCUT2D eigenvalue weighted by Crippen LogP contribution is -2.48. The van der Waals surface area contributed by atoms with Crippen LogP contribution in [0, 0.1) is 11.8 Å². The first-order chi connectivity index (χ1) is 16.5. The van der Waals surface area contributed by atoms with Crippen LogP contribution in [-0.2, 0) is 16.6 Å². The van der Waals surface area contributed by atoms with Crippen LogP contribution in [0.3, 0.4) is 0 Å². The summed E-state index contributed by atoms with van der Waals surface area (Å²) in [5.41, 5.74) is 4.50. The van der Waals surface area contributed by atoms with E-state index in [1.54, 1.807) is 0 Å². The van der Waals surface area contributed by atoms with Gasteiger partial charge in [-0.3, -0.25) is 4.79 Å². The third-order valence-corrected chi connectivity index (χ3v) is 8.07. The van der Waals surface area contributed by atoms with E-state index in [1.807, 2.05) is 37.2 Å². The third-order valence-electron chi connectivity index (χ3n) is 8.07. The number of anilines is 1. The highest BCUT2D eigenvalue weighted by Crippen LogP contribution is 2.53. The Morgan fingerprint density at radius 3 is 2.12 bits per heavy atom. The van der Waals surface area contributed by atoms with Gasteiger partial charge in [-0.15, -0.1) is 0 Å². The molecule has 3 atom stereocenters. The van der Waals surface area contributed by atoms with E-state index in [0.717, 1.165) is 24.1 Å². The molecule has 1 aliphatic heterocycles. The SMILES string of the molecule is CN(C)c1ccccc1CC(=O)N1CC2C(O)CCC(c3ccccc3)(c3ccccc3)C2C1. The summed E-state index contributed by atoms with van der Waals surface area (Å²) in [6.45, 7) is 1.30. The van der Waals surface area contributed by atoms with E-state index in [0.29, 0.717) is 19.5 Å². The van der Waals surface area contributed by atoms with Crippen molar-refractivity contribution in [2.24, 2.45) is 11.8 Å². The molecule has 1 saturated heterocycles. The van der Waals surface area contributed by atoms with Crippen LogP contribution >= 0.6 is 0 Å². The van der Waals surface area contributed by atoms with Crippen LogP contribution in [0.4, 0.5) is 5.69 Å². The number of aliphatic hydroxyl groups is 1. The second kappa shape index (κ2) is 9.27. The average molecular weight is 455 g/mol. The van der Waals surface area contributed by atoms with Crippen molar-refractivity contribution in [2.45, 2.75) is 30.8 Å². The van der Waals surface area contributed by atoms with Gasteiger partial charge in [0.1, 0.15) is 0 Å². The number of carbonyl (C=O) groups is 1. The normalized spacial score (nSPS) is 23.4. The van der Waals surface area contributed by atoms with Crippen molar-refractivity contribution in [3.63, 3.8) is 0 Å². The maximum absolute atomic E-state index is 13.5. The van der Waals surface area contributed by atoms with E-state index in [1.165, 1.54) is 11.1 Å². The predicted molar refractivity (Wildman–Crippen MR) is 137 cm³/mol. The standard InChI is InChI=1S/C30H34N2O2/c1-31(2)27-16-10-9-11-22(27)19-29(34)32-20-25-26(21-32)30(18-17-28(25)33,23-12-5-3-6-13-23)24-14-7-4-8-15-24/h3-16,25-26,28,33H,17-21H2,1-2H3. The molecular weight excluding hydrogens is 420 g/mol. The van der Waals surface area contributed by atoms with E-state index >= 15 is 0 Å². The zero-order valence-electron chi connectivity index (χ0n) is 20.1. The molecule has 0 aromatic heterocycles. The van der Waals surface area contributed by atoms with Crippen molar-refractivity contribution in [3.8, 4) is 0 Å². The first kappa shape index (κ1) is 22.7. The molecular formula is C30H34N2O2. The van der Waals surface area contributed by atoms with E-state index in [2.05, 4.69) is 71.6 Å². The fourth-order valence-corrected chi connectivity index (χ4v) is 6.44. The van der Waals surface area contributed by atoms with Gasteiger partial charge in [0.15, 0.2) is 0 Å². The molecule has 176 valence electrons. The number of likely N-dealkylation sites (tertiary alicyclic amines) is 1.